The molecule has 2 atom stereocenters. The lowest BCUT2D eigenvalue weighted by atomic mass is 10.2. The van der Waals surface area contributed by atoms with Crippen LogP contribution in [0.15, 0.2) is 0 Å². The highest BCUT2D eigenvalue weighted by Crippen LogP contribution is 2.20. The van der Waals surface area contributed by atoms with E-state index in [1.54, 1.807) is 0 Å². The van der Waals surface area contributed by atoms with Crippen molar-refractivity contribution in [1.29, 1.82) is 0 Å². The Morgan fingerprint density at radius 1 is 1.46 bits per heavy atom. The first kappa shape index (κ1) is 11.3. The lowest BCUT2D eigenvalue weighted by Gasteiger charge is -2.21. The maximum atomic E-state index is 5.79. The van der Waals surface area contributed by atoms with Crippen LogP contribution < -0.4 is 5.73 Å². The van der Waals surface area contributed by atoms with Gasteiger partial charge in [0.2, 0.25) is 0 Å². The van der Waals surface area contributed by atoms with Crippen LogP contribution in [0.4, 0.5) is 0 Å². The maximum Gasteiger partial charge on any atom is 0.0139 e. The Morgan fingerprint density at radius 3 is 2.85 bits per heavy atom. The van der Waals surface area contributed by atoms with E-state index in [1.807, 2.05) is 11.8 Å². The van der Waals surface area contributed by atoms with E-state index in [1.165, 1.54) is 32.4 Å². The summed E-state index contributed by atoms with van der Waals surface area (Å²) in [5.74, 6) is 0. The van der Waals surface area contributed by atoms with Crippen LogP contribution in [0, 0.1) is 0 Å². The fraction of sp³-hybridized carbons (Fsp3) is 1.00. The molecule has 2 nitrogen and oxygen atoms in total. The number of thioether (sulfide) groups is 1. The van der Waals surface area contributed by atoms with Crippen LogP contribution in [-0.4, -0.2) is 42.1 Å². The molecule has 0 spiro atoms. The largest absolute Gasteiger partial charge is 0.327 e. The first-order valence-electron chi connectivity index (χ1n) is 5.23. The molecule has 0 aromatic carbocycles. The van der Waals surface area contributed by atoms with Crippen LogP contribution in [0.3, 0.4) is 0 Å². The van der Waals surface area contributed by atoms with Gasteiger partial charge in [0.1, 0.15) is 0 Å². The van der Waals surface area contributed by atoms with E-state index in [9.17, 15) is 0 Å². The fourth-order valence-electron chi connectivity index (χ4n) is 1.95. The predicted octanol–water partition coefficient (Wildman–Crippen LogP) is 1.55. The molecule has 1 heterocycles. The van der Waals surface area contributed by atoms with Gasteiger partial charge in [-0.2, -0.15) is 11.8 Å². The van der Waals surface area contributed by atoms with Crippen LogP contribution >= 0.6 is 11.8 Å². The number of rotatable bonds is 3. The Bertz CT molecular complexity index is 139. The highest BCUT2D eigenvalue weighted by atomic mass is 32.2. The zero-order chi connectivity index (χ0) is 9.68. The molecular formula is C10H22N2S. The average Bonchev–Trinajstić information content (AvgIpc) is 2.29. The third-order valence-electron chi connectivity index (χ3n) is 2.65. The number of nitrogens with two attached hydrogens (primary N) is 1. The van der Waals surface area contributed by atoms with Gasteiger partial charge in [0.25, 0.3) is 0 Å². The van der Waals surface area contributed by atoms with Crippen molar-refractivity contribution < 1.29 is 0 Å². The molecule has 0 bridgehead atoms. The van der Waals surface area contributed by atoms with Crippen LogP contribution in [0.2, 0.25) is 0 Å². The standard InChI is InChI=1S/C10H22N2S/c1-9(11)8-12-6-3-4-10(13-2)5-7-12/h9-10H,3-8,11H2,1-2H3/t9-,10?/m0/s1. The quantitative estimate of drug-likeness (QED) is 0.753. The summed E-state index contributed by atoms with van der Waals surface area (Å²) in [6.45, 7) is 5.66. The van der Waals surface area contributed by atoms with Gasteiger partial charge in [-0.1, -0.05) is 0 Å². The van der Waals surface area contributed by atoms with Gasteiger partial charge in [-0.15, -0.1) is 0 Å². The second-order valence-corrected chi connectivity index (χ2v) is 5.20. The van der Waals surface area contributed by atoms with E-state index in [2.05, 4.69) is 18.1 Å². The van der Waals surface area contributed by atoms with Gasteiger partial charge in [-0.05, 0) is 45.5 Å². The summed E-state index contributed by atoms with van der Waals surface area (Å²) in [4.78, 5) is 2.51. The first-order valence-corrected chi connectivity index (χ1v) is 6.52. The first-order chi connectivity index (χ1) is 6.22. The zero-order valence-corrected chi connectivity index (χ0v) is 9.65. The molecule has 3 heteroatoms. The van der Waals surface area contributed by atoms with E-state index >= 15 is 0 Å². The maximum absolute atomic E-state index is 5.79. The van der Waals surface area contributed by atoms with Crippen molar-refractivity contribution >= 4 is 11.8 Å². The molecule has 78 valence electrons. The van der Waals surface area contributed by atoms with E-state index in [-0.39, 0.29) is 0 Å². The van der Waals surface area contributed by atoms with E-state index < -0.39 is 0 Å². The predicted molar refractivity (Wildman–Crippen MR) is 61.2 cm³/mol. The molecule has 1 unspecified atom stereocenters. The monoisotopic (exact) mass is 202 g/mol. The van der Waals surface area contributed by atoms with Crippen LogP contribution in [0.1, 0.15) is 26.2 Å². The number of likely N-dealkylation sites (tertiary alicyclic amines) is 1. The van der Waals surface area contributed by atoms with Gasteiger partial charge >= 0.3 is 0 Å². The third-order valence-corrected chi connectivity index (χ3v) is 3.79. The summed E-state index contributed by atoms with van der Waals surface area (Å²) in [6, 6.07) is 0.325. The second-order valence-electron chi connectivity index (χ2n) is 4.07. The lowest BCUT2D eigenvalue weighted by Crippen LogP contribution is -2.36. The Morgan fingerprint density at radius 2 is 2.23 bits per heavy atom. The minimum atomic E-state index is 0.325. The molecule has 0 aliphatic carbocycles. The average molecular weight is 202 g/mol. The van der Waals surface area contributed by atoms with Gasteiger partial charge < -0.3 is 10.6 Å². The Hall–Kier alpha value is 0.270. The Labute approximate surface area is 86.2 Å². The molecule has 0 aromatic rings. The molecule has 1 saturated heterocycles. The molecular weight excluding hydrogens is 180 g/mol. The molecule has 13 heavy (non-hydrogen) atoms. The molecule has 0 amide bonds. The van der Waals surface area contributed by atoms with Crippen molar-refractivity contribution in [1.82, 2.24) is 4.90 Å². The summed E-state index contributed by atoms with van der Waals surface area (Å²) in [5.41, 5.74) is 5.79. The molecule has 0 aromatic heterocycles. The molecule has 1 aliphatic rings. The summed E-state index contributed by atoms with van der Waals surface area (Å²) >= 11 is 2.02. The van der Waals surface area contributed by atoms with E-state index in [0.717, 1.165) is 11.8 Å². The van der Waals surface area contributed by atoms with Crippen molar-refractivity contribution in [3.63, 3.8) is 0 Å². The minimum Gasteiger partial charge on any atom is -0.327 e. The summed E-state index contributed by atoms with van der Waals surface area (Å²) in [6.07, 6.45) is 6.30. The van der Waals surface area contributed by atoms with Crippen molar-refractivity contribution in [3.8, 4) is 0 Å². The summed E-state index contributed by atoms with van der Waals surface area (Å²) in [5, 5.41) is 0.887. The Balaban J connectivity index is 2.27. The van der Waals surface area contributed by atoms with Crippen LogP contribution in [0.25, 0.3) is 0 Å². The fourth-order valence-corrected chi connectivity index (χ4v) is 2.69. The highest BCUT2D eigenvalue weighted by Gasteiger charge is 2.16. The molecule has 1 aliphatic heterocycles. The third kappa shape index (κ3) is 4.34. The van der Waals surface area contributed by atoms with E-state index in [0.29, 0.717) is 6.04 Å². The Kier molecular flexibility index (Phi) is 5.14. The minimum absolute atomic E-state index is 0.325. The molecule has 1 fully saturated rings. The normalized spacial score (nSPS) is 28.4. The molecule has 0 saturated carbocycles. The van der Waals surface area contributed by atoms with Gasteiger partial charge in [-0.3, -0.25) is 0 Å². The van der Waals surface area contributed by atoms with Crippen molar-refractivity contribution in [2.24, 2.45) is 5.73 Å². The van der Waals surface area contributed by atoms with Gasteiger partial charge in [0, 0.05) is 17.8 Å². The smallest absolute Gasteiger partial charge is 0.0139 e. The van der Waals surface area contributed by atoms with E-state index in [4.69, 9.17) is 5.73 Å². The number of hydrogen-bond acceptors (Lipinski definition) is 3. The van der Waals surface area contributed by atoms with Crippen molar-refractivity contribution in [2.75, 3.05) is 25.9 Å². The second kappa shape index (κ2) is 5.89. The van der Waals surface area contributed by atoms with Crippen molar-refractivity contribution in [3.05, 3.63) is 0 Å². The van der Waals surface area contributed by atoms with Gasteiger partial charge in [0.15, 0.2) is 0 Å². The number of hydrogen-bond donors (Lipinski definition) is 1. The lowest BCUT2D eigenvalue weighted by molar-refractivity contribution is 0.272. The topological polar surface area (TPSA) is 29.3 Å². The summed E-state index contributed by atoms with van der Waals surface area (Å²) < 4.78 is 0. The SMILES string of the molecule is CSC1CCCN(C[C@H](C)N)CC1. The van der Waals surface area contributed by atoms with Crippen molar-refractivity contribution in [2.45, 2.75) is 37.5 Å². The summed E-state index contributed by atoms with van der Waals surface area (Å²) in [7, 11) is 0. The molecule has 0 radical (unpaired) electrons. The van der Waals surface area contributed by atoms with Gasteiger partial charge in [-0.25, -0.2) is 0 Å². The van der Waals surface area contributed by atoms with Crippen LogP contribution in [0.5, 0.6) is 0 Å². The van der Waals surface area contributed by atoms with Gasteiger partial charge in [0.05, 0.1) is 0 Å². The highest BCUT2D eigenvalue weighted by molar-refractivity contribution is 7.99. The van der Waals surface area contributed by atoms with Crippen LogP contribution in [-0.2, 0) is 0 Å². The molecule has 1 rings (SSSR count). The zero-order valence-electron chi connectivity index (χ0n) is 8.83. The molecule has 2 N–H and O–H groups in total. The number of nitrogens with zero attached hydrogens (tertiary/aromatic N) is 1.